The first-order valence-corrected chi connectivity index (χ1v) is 8.48. The van der Waals surface area contributed by atoms with Gasteiger partial charge in [-0.3, -0.25) is 4.79 Å². The summed E-state index contributed by atoms with van der Waals surface area (Å²) in [7, 11) is 0. The molecule has 132 valence electrons. The van der Waals surface area contributed by atoms with Crippen molar-refractivity contribution in [3.05, 3.63) is 53.5 Å². The van der Waals surface area contributed by atoms with Crippen LogP contribution in [0.5, 0.6) is 0 Å². The van der Waals surface area contributed by atoms with Gasteiger partial charge in [-0.2, -0.15) is 0 Å². The van der Waals surface area contributed by atoms with Crippen molar-refractivity contribution in [3.63, 3.8) is 0 Å². The number of ketones is 1. The first-order valence-electron chi connectivity index (χ1n) is 8.48. The van der Waals surface area contributed by atoms with Gasteiger partial charge in [-0.25, -0.2) is 4.79 Å². The first kappa shape index (κ1) is 17.2. The number of anilines is 1. The van der Waals surface area contributed by atoms with Gasteiger partial charge in [0.25, 0.3) is 0 Å². The Morgan fingerprint density at radius 3 is 2.92 bits per heavy atom. The molecule has 0 unspecified atom stereocenters. The number of aliphatic hydroxyl groups is 1. The normalized spacial score (nSPS) is 16.0. The Morgan fingerprint density at radius 2 is 2.16 bits per heavy atom. The average molecular weight is 342 g/mol. The Hall–Kier alpha value is -2.60. The number of amides is 2. The Kier molecular flexibility index (Phi) is 5.19. The molecule has 0 spiro atoms. The van der Waals surface area contributed by atoms with Crippen LogP contribution in [-0.2, 0) is 6.42 Å². The molecule has 3 N–H and O–H groups in total. The van der Waals surface area contributed by atoms with Crippen molar-refractivity contribution in [2.45, 2.75) is 44.8 Å². The third kappa shape index (κ3) is 4.28. The molecule has 0 saturated carbocycles. The maximum Gasteiger partial charge on any atom is 0.319 e. The molecule has 0 fully saturated rings. The lowest BCUT2D eigenvalue weighted by Gasteiger charge is -2.18. The first-order chi connectivity index (χ1) is 12.0. The fourth-order valence-corrected chi connectivity index (χ4v) is 3.09. The van der Waals surface area contributed by atoms with Crippen molar-refractivity contribution in [1.82, 2.24) is 5.32 Å². The van der Waals surface area contributed by atoms with Gasteiger partial charge in [-0.1, -0.05) is 6.07 Å². The molecule has 1 aromatic heterocycles. The number of carbonyl (C=O) groups is 2. The van der Waals surface area contributed by atoms with Gasteiger partial charge < -0.3 is 20.2 Å². The highest BCUT2D eigenvalue weighted by Crippen LogP contribution is 2.24. The zero-order valence-electron chi connectivity index (χ0n) is 14.1. The Labute approximate surface area is 146 Å². The number of aliphatic hydroxyl groups excluding tert-OH is 1. The molecule has 25 heavy (non-hydrogen) atoms. The van der Waals surface area contributed by atoms with E-state index in [0.717, 1.165) is 18.4 Å². The van der Waals surface area contributed by atoms with Crippen LogP contribution >= 0.6 is 0 Å². The minimum absolute atomic E-state index is 0.125. The molecule has 0 radical (unpaired) electrons. The van der Waals surface area contributed by atoms with E-state index in [2.05, 4.69) is 10.6 Å². The number of benzene rings is 1. The molecule has 2 amide bonds. The summed E-state index contributed by atoms with van der Waals surface area (Å²) in [6, 6.07) is 8.22. The van der Waals surface area contributed by atoms with Gasteiger partial charge in [0.05, 0.1) is 6.26 Å². The number of Topliss-reactive ketones (excluding diaryl/α,β-unsaturated/α-hetero) is 1. The third-order valence-electron chi connectivity index (χ3n) is 4.34. The van der Waals surface area contributed by atoms with E-state index in [0.29, 0.717) is 29.9 Å². The molecule has 3 rings (SSSR count). The summed E-state index contributed by atoms with van der Waals surface area (Å²) in [6.07, 6.45) is 3.41. The molecule has 6 nitrogen and oxygen atoms in total. The minimum atomic E-state index is -0.772. The van der Waals surface area contributed by atoms with Crippen LogP contribution in [0.2, 0.25) is 0 Å². The van der Waals surface area contributed by atoms with Crippen molar-refractivity contribution < 1.29 is 19.1 Å². The summed E-state index contributed by atoms with van der Waals surface area (Å²) in [5.41, 5.74) is 2.33. The van der Waals surface area contributed by atoms with E-state index >= 15 is 0 Å². The molecule has 1 aliphatic carbocycles. The summed E-state index contributed by atoms with van der Waals surface area (Å²) in [5, 5.41) is 15.6. The molecule has 1 heterocycles. The predicted octanol–water partition coefficient (Wildman–Crippen LogP) is 3.43. The lowest BCUT2D eigenvalue weighted by Crippen LogP contribution is -2.37. The van der Waals surface area contributed by atoms with Crippen LogP contribution in [0.4, 0.5) is 10.5 Å². The number of nitrogens with one attached hydrogen (secondary N) is 2. The molecule has 2 atom stereocenters. The molecule has 0 aliphatic heterocycles. The van der Waals surface area contributed by atoms with Gasteiger partial charge in [0.15, 0.2) is 5.78 Å². The van der Waals surface area contributed by atoms with E-state index in [1.165, 1.54) is 6.26 Å². The molecule has 2 aromatic rings. The van der Waals surface area contributed by atoms with Crippen LogP contribution in [0.3, 0.4) is 0 Å². The Balaban J connectivity index is 1.55. The second kappa shape index (κ2) is 7.53. The highest BCUT2D eigenvalue weighted by Gasteiger charge is 2.19. The SMILES string of the molecule is C[C@@H](C[C@H](O)c1ccco1)NC(=O)Nc1ccc2c(c1)C(=O)CCC2. The number of hydrogen-bond donors (Lipinski definition) is 3. The fourth-order valence-electron chi connectivity index (χ4n) is 3.09. The van der Waals surface area contributed by atoms with Crippen LogP contribution in [-0.4, -0.2) is 23.0 Å². The number of urea groups is 1. The molecular formula is C19H22N2O4. The number of rotatable bonds is 5. The second-order valence-electron chi connectivity index (χ2n) is 6.42. The van der Waals surface area contributed by atoms with Gasteiger partial charge >= 0.3 is 6.03 Å². The smallest absolute Gasteiger partial charge is 0.319 e. The summed E-state index contributed by atoms with van der Waals surface area (Å²) in [4.78, 5) is 24.1. The zero-order valence-corrected chi connectivity index (χ0v) is 14.1. The molecule has 6 heteroatoms. The molecule has 0 bridgehead atoms. The lowest BCUT2D eigenvalue weighted by molar-refractivity contribution is 0.0972. The summed E-state index contributed by atoms with van der Waals surface area (Å²) < 4.78 is 5.15. The molecule has 1 aromatic carbocycles. The fraction of sp³-hybridized carbons (Fsp3) is 0.368. The van der Waals surface area contributed by atoms with Gasteiger partial charge in [-0.05, 0) is 49.6 Å². The number of fused-ring (bicyclic) bond motifs is 1. The standard InChI is InChI=1S/C19H22N2O4/c1-12(10-17(23)18-6-3-9-25-18)20-19(24)21-14-8-7-13-4-2-5-16(22)15(13)11-14/h3,6-9,11-12,17,23H,2,4-5,10H2,1H3,(H2,20,21,24)/t12-,17-/m0/s1. The van der Waals surface area contributed by atoms with Crippen molar-refractivity contribution in [3.8, 4) is 0 Å². The Morgan fingerprint density at radius 1 is 1.32 bits per heavy atom. The number of aryl methyl sites for hydroxylation is 1. The summed E-state index contributed by atoms with van der Waals surface area (Å²) >= 11 is 0. The van der Waals surface area contributed by atoms with Crippen LogP contribution in [0, 0.1) is 0 Å². The number of carbonyl (C=O) groups excluding carboxylic acids is 2. The van der Waals surface area contributed by atoms with Crippen molar-refractivity contribution >= 4 is 17.5 Å². The van der Waals surface area contributed by atoms with Gasteiger partial charge in [-0.15, -0.1) is 0 Å². The maximum absolute atomic E-state index is 12.1. The zero-order chi connectivity index (χ0) is 17.8. The van der Waals surface area contributed by atoms with Crippen LogP contribution < -0.4 is 10.6 Å². The van der Waals surface area contributed by atoms with Crippen LogP contribution in [0.25, 0.3) is 0 Å². The van der Waals surface area contributed by atoms with Gasteiger partial charge in [0, 0.05) is 30.1 Å². The van der Waals surface area contributed by atoms with E-state index in [4.69, 9.17) is 4.42 Å². The summed E-state index contributed by atoms with van der Waals surface area (Å²) in [6.45, 7) is 1.81. The largest absolute Gasteiger partial charge is 0.467 e. The minimum Gasteiger partial charge on any atom is -0.467 e. The van der Waals surface area contributed by atoms with Crippen LogP contribution in [0.15, 0.2) is 41.0 Å². The highest BCUT2D eigenvalue weighted by molar-refractivity contribution is 6.00. The van der Waals surface area contributed by atoms with Crippen molar-refractivity contribution in [2.24, 2.45) is 0 Å². The number of furan rings is 1. The van der Waals surface area contributed by atoms with Gasteiger partial charge in [0.2, 0.25) is 0 Å². The predicted molar refractivity (Wildman–Crippen MR) is 93.6 cm³/mol. The lowest BCUT2D eigenvalue weighted by atomic mass is 9.90. The number of hydrogen-bond acceptors (Lipinski definition) is 4. The van der Waals surface area contributed by atoms with E-state index in [9.17, 15) is 14.7 Å². The monoisotopic (exact) mass is 342 g/mol. The Bertz CT molecular complexity index is 755. The topological polar surface area (TPSA) is 91.6 Å². The summed E-state index contributed by atoms with van der Waals surface area (Å²) in [5.74, 6) is 0.600. The molecular weight excluding hydrogens is 320 g/mol. The molecule has 1 aliphatic rings. The second-order valence-corrected chi connectivity index (χ2v) is 6.42. The van der Waals surface area contributed by atoms with E-state index in [1.54, 1.807) is 24.3 Å². The third-order valence-corrected chi connectivity index (χ3v) is 4.34. The van der Waals surface area contributed by atoms with Crippen molar-refractivity contribution in [1.29, 1.82) is 0 Å². The quantitative estimate of drug-likeness (QED) is 0.776. The van der Waals surface area contributed by atoms with Crippen LogP contribution in [0.1, 0.15) is 54.0 Å². The van der Waals surface area contributed by atoms with E-state index < -0.39 is 6.10 Å². The van der Waals surface area contributed by atoms with Gasteiger partial charge in [0.1, 0.15) is 11.9 Å². The van der Waals surface area contributed by atoms with E-state index in [-0.39, 0.29) is 17.9 Å². The van der Waals surface area contributed by atoms with Crippen molar-refractivity contribution in [2.75, 3.05) is 5.32 Å². The van der Waals surface area contributed by atoms with E-state index in [1.807, 2.05) is 13.0 Å². The highest BCUT2D eigenvalue weighted by atomic mass is 16.4. The maximum atomic E-state index is 12.1. The molecule has 0 saturated heterocycles. The average Bonchev–Trinajstić information content (AvgIpc) is 3.10.